The van der Waals surface area contributed by atoms with Crippen molar-refractivity contribution in [1.29, 1.82) is 0 Å². The molecule has 0 aromatic rings. The van der Waals surface area contributed by atoms with Crippen LogP contribution in [0.5, 0.6) is 0 Å². The average molecular weight is 1530 g/mol. The Morgan fingerprint density at radius 2 is 1.05 bits per heavy atom. The van der Waals surface area contributed by atoms with Crippen LogP contribution in [0.4, 0.5) is 0 Å². The minimum Gasteiger partial charge on any atom is -0.394 e. The highest BCUT2D eigenvalue weighted by Crippen LogP contribution is 2.42. The average Bonchev–Trinajstić information content (AvgIpc) is 1.61. The Balaban J connectivity index is 1.54. The minimum atomic E-state index is -1.91. The number of hydrogen-bond acceptors (Lipinski definition) is 21. The Bertz CT molecular complexity index is 3190. The summed E-state index contributed by atoms with van der Waals surface area (Å²) in [6.07, 6.45) is 4.82. The van der Waals surface area contributed by atoms with Crippen molar-refractivity contribution in [2.45, 2.75) is 261 Å². The van der Waals surface area contributed by atoms with Crippen molar-refractivity contribution in [2.24, 2.45) is 57.5 Å². The Labute approximate surface area is 628 Å². The largest absolute Gasteiger partial charge is 0.394 e. The quantitative estimate of drug-likeness (QED) is 0.0320. The fourth-order valence-corrected chi connectivity index (χ4v) is 17.2. The topological polar surface area (TPSA) is 538 Å². The van der Waals surface area contributed by atoms with Crippen LogP contribution in [0.15, 0.2) is 4.99 Å². The van der Waals surface area contributed by atoms with Gasteiger partial charge in [-0.3, -0.25) is 72.1 Å². The lowest BCUT2D eigenvalue weighted by molar-refractivity contribution is -0.150. The number of carbonyl (C=O) groups excluding carboxylic acids is 14. The molecule has 1 saturated carbocycles. The van der Waals surface area contributed by atoms with Gasteiger partial charge in [0.15, 0.2) is 5.96 Å². The van der Waals surface area contributed by atoms with Crippen molar-refractivity contribution in [3.8, 4) is 0 Å². The summed E-state index contributed by atoms with van der Waals surface area (Å²) in [6.45, 7) is 14.1. The van der Waals surface area contributed by atoms with Crippen molar-refractivity contribution in [2.75, 3.05) is 51.7 Å². The number of aliphatic imine (C=N–C) groups is 1. The molecular weight excluding hydrogens is 1420 g/mol. The molecule has 6 fully saturated rings. The molecule has 0 radical (unpaired) electrons. The smallest absolute Gasteiger partial charge is 0.246 e. The second kappa shape index (κ2) is 40.5. The van der Waals surface area contributed by atoms with Gasteiger partial charge in [0, 0.05) is 49.3 Å². The number of amides is 14. The van der Waals surface area contributed by atoms with E-state index in [-0.39, 0.29) is 82.4 Å². The summed E-state index contributed by atoms with van der Waals surface area (Å²) in [5.41, 5.74) is 23.5. The number of fused-ring (bicyclic) bond motifs is 10. The monoisotopic (exact) mass is 1530 g/mol. The van der Waals surface area contributed by atoms with Crippen molar-refractivity contribution >= 4 is 110 Å². The number of aliphatic hydroxyl groups is 2. The molecule has 106 heavy (non-hydrogen) atoms. The molecule has 35 nitrogen and oxygen atoms in total. The molecule has 0 aromatic heterocycles. The lowest BCUT2D eigenvalue weighted by Crippen LogP contribution is -2.64. The molecule has 6 aliphatic rings. The molecule has 5 saturated heterocycles. The standard InChI is InChI=1S/C69H117N19O16S2/c1-11-35(6)50-62(99)81-45-33-105-106-69(9,10)53(64(101)84-52(37(8)13-3)67(104)86-25-17-22-47(86)60(97)75-30-39(71)54(91)78-42(29-70)56(93)82-50)85-63(100)51(36(7)12-2)83-61(98)49-28-38-19-14-15-21-46(38)88(49)66(103)48-23-18-26-87(48)65(102)41(27-34(4)5)77-58(95)44(32-90)79-55(92)40(20-16-24-74-68(72)73)76-57(94)43(31-89)80-59(45)96/h34-53,89-90H,11-33,70-71H2,1-10H3,(H,75,97)(H,76,94)(H,77,95)(H,78,91)(H,79,92)(H,80,96)(H,81,99)(H,82,93)(H,83,98)(H,84,101)(H,85,100)(H4,72,73,74)/t35-,36-,37-,38-,39-,40-,41-,42-,43-,44-,45-,46-,47-,48-,49-,50-,51-,52-,53+/m0/s1. The predicted octanol–water partition coefficient (Wildman–Crippen LogP) is -4.21. The number of guanidine groups is 1. The van der Waals surface area contributed by atoms with Crippen LogP contribution in [0.2, 0.25) is 0 Å². The van der Waals surface area contributed by atoms with Crippen LogP contribution in [-0.4, -0.2) is 261 Å². The zero-order valence-corrected chi connectivity index (χ0v) is 64.5. The lowest BCUT2D eigenvalue weighted by atomic mass is 9.84. The molecule has 37 heteroatoms. The summed E-state index contributed by atoms with van der Waals surface area (Å²) in [5, 5.41) is 51.0. The normalized spacial score (nSPS) is 31.9. The first-order valence-corrected chi connectivity index (χ1v) is 39.8. The van der Waals surface area contributed by atoms with E-state index in [1.807, 2.05) is 0 Å². The van der Waals surface area contributed by atoms with E-state index in [2.05, 4.69) is 63.5 Å². The van der Waals surface area contributed by atoms with Gasteiger partial charge in [-0.15, -0.1) is 0 Å². The predicted molar refractivity (Wildman–Crippen MR) is 396 cm³/mol. The molecule has 596 valence electrons. The van der Waals surface area contributed by atoms with Gasteiger partial charge in [-0.05, 0) is 108 Å². The molecule has 14 amide bonds. The SMILES string of the molecule is CC[C@H](C)[C@@H]1NC(=O)[C@H](CN)NC(=O)[C@@H](N)CNC(=O)[C@@H]2CCCN2C(=O)[C@H]([C@@H](C)CC)NC(=O)[C@H]2NC(=O)[C@H]([C@@H](C)CC)NC(=O)[C@@H]3C[C@@H]4CCCC[C@@H]4N3C(=O)[C@@H]3CCCN3C(=O)[C@H](CC(C)C)NC(=O)[C@H](CO)NC(=O)[C@H](CCCN=C(N)N)NC(=O)[C@H](CO)NC(=O)[C@H](CSSC2(C)C)NC1=O. The van der Waals surface area contributed by atoms with Crippen LogP contribution in [0, 0.1) is 29.6 Å². The van der Waals surface area contributed by atoms with Gasteiger partial charge in [-0.2, -0.15) is 0 Å². The van der Waals surface area contributed by atoms with Crippen molar-refractivity contribution < 1.29 is 77.3 Å². The van der Waals surface area contributed by atoms with E-state index in [0.29, 0.717) is 38.5 Å². The van der Waals surface area contributed by atoms with Crippen molar-refractivity contribution in [3.63, 3.8) is 0 Å². The Morgan fingerprint density at radius 3 is 1.63 bits per heavy atom. The molecule has 6 rings (SSSR count). The number of carbonyl (C=O) groups is 14. The Hall–Kier alpha value is -7.61. The number of nitrogens with zero attached hydrogens (tertiary/aromatic N) is 4. The first-order valence-electron chi connectivity index (χ1n) is 37.4. The van der Waals surface area contributed by atoms with Gasteiger partial charge in [-0.1, -0.05) is 109 Å². The van der Waals surface area contributed by atoms with Gasteiger partial charge < -0.3 is 106 Å². The molecule has 5 heterocycles. The number of nitrogens with one attached hydrogen (secondary N) is 11. The van der Waals surface area contributed by atoms with E-state index in [4.69, 9.17) is 22.9 Å². The third-order valence-corrected chi connectivity index (χ3v) is 24.6. The summed E-state index contributed by atoms with van der Waals surface area (Å²) >= 11 is 0. The van der Waals surface area contributed by atoms with Gasteiger partial charge in [0.25, 0.3) is 0 Å². The van der Waals surface area contributed by atoms with Crippen LogP contribution in [0.25, 0.3) is 0 Å². The molecule has 2 bridgehead atoms. The highest BCUT2D eigenvalue weighted by atomic mass is 33.1. The summed E-state index contributed by atoms with van der Waals surface area (Å²) in [4.78, 5) is 216. The fourth-order valence-electron chi connectivity index (χ4n) is 14.4. The summed E-state index contributed by atoms with van der Waals surface area (Å²) in [5.74, 6) is -15.1. The molecular formula is C69H117N19O16S2. The highest BCUT2D eigenvalue weighted by Gasteiger charge is 2.53. The van der Waals surface area contributed by atoms with Crippen LogP contribution in [0.1, 0.15) is 166 Å². The summed E-state index contributed by atoms with van der Waals surface area (Å²) < 4.78 is -1.52. The number of nitrogens with two attached hydrogens (primary N) is 4. The van der Waals surface area contributed by atoms with Gasteiger partial charge >= 0.3 is 0 Å². The summed E-state index contributed by atoms with van der Waals surface area (Å²) in [6, 6.07) is -20.9. The van der Waals surface area contributed by atoms with Gasteiger partial charge in [0.1, 0.15) is 84.6 Å². The maximum Gasteiger partial charge on any atom is 0.246 e. The zero-order chi connectivity index (χ0) is 78.6. The molecule has 21 N–H and O–H groups in total. The van der Waals surface area contributed by atoms with Crippen LogP contribution < -0.4 is 81.4 Å². The molecule has 0 unspecified atom stereocenters. The van der Waals surface area contributed by atoms with E-state index in [9.17, 15) is 43.8 Å². The maximum atomic E-state index is 15.7. The number of hydrogen-bond donors (Lipinski definition) is 17. The number of aliphatic hydroxyl groups excluding tert-OH is 2. The summed E-state index contributed by atoms with van der Waals surface area (Å²) in [7, 11) is 1.84. The van der Waals surface area contributed by atoms with E-state index >= 15 is 33.6 Å². The molecule has 19 atom stereocenters. The third kappa shape index (κ3) is 22.7. The Morgan fingerprint density at radius 1 is 0.538 bits per heavy atom. The lowest BCUT2D eigenvalue weighted by Gasteiger charge is -2.39. The van der Waals surface area contributed by atoms with Crippen LogP contribution in [0.3, 0.4) is 0 Å². The van der Waals surface area contributed by atoms with Crippen LogP contribution >= 0.6 is 21.6 Å². The van der Waals surface area contributed by atoms with Gasteiger partial charge in [0.2, 0.25) is 82.7 Å². The molecule has 1 aliphatic carbocycles. The second-order valence-electron chi connectivity index (χ2n) is 29.9. The van der Waals surface area contributed by atoms with Crippen molar-refractivity contribution in [3.05, 3.63) is 0 Å². The minimum absolute atomic E-state index is 0.00633. The van der Waals surface area contributed by atoms with Gasteiger partial charge in [0.05, 0.1) is 13.2 Å². The van der Waals surface area contributed by atoms with E-state index < -0.39 is 228 Å². The Kier molecular flexibility index (Phi) is 33.4. The maximum absolute atomic E-state index is 15.7. The second-order valence-corrected chi connectivity index (χ2v) is 32.9. The van der Waals surface area contributed by atoms with E-state index in [1.165, 1.54) is 9.80 Å². The van der Waals surface area contributed by atoms with E-state index in [0.717, 1.165) is 34.4 Å². The van der Waals surface area contributed by atoms with Crippen molar-refractivity contribution in [1.82, 2.24) is 73.2 Å². The van der Waals surface area contributed by atoms with E-state index in [1.54, 1.807) is 74.1 Å². The fraction of sp³-hybridized carbons (Fsp3) is 0.783. The molecule has 0 aromatic carbocycles. The number of rotatable bonds is 15. The van der Waals surface area contributed by atoms with Crippen LogP contribution in [-0.2, 0) is 67.1 Å². The van der Waals surface area contributed by atoms with Gasteiger partial charge in [-0.25, -0.2) is 0 Å². The highest BCUT2D eigenvalue weighted by molar-refractivity contribution is 8.77. The first-order chi connectivity index (χ1) is 50.2. The molecule has 5 aliphatic heterocycles. The molecule has 0 spiro atoms. The third-order valence-electron chi connectivity index (χ3n) is 21.3. The first kappa shape index (κ1) is 87.3. The zero-order valence-electron chi connectivity index (χ0n) is 62.8.